The molecule has 1 aliphatic heterocycles. The van der Waals surface area contributed by atoms with Gasteiger partial charge in [-0.1, -0.05) is 84.9 Å². The monoisotopic (exact) mass is 538 g/mol. The zero-order valence-corrected chi connectivity index (χ0v) is 23.4. The van der Waals surface area contributed by atoms with Crippen molar-refractivity contribution in [2.24, 2.45) is 0 Å². The van der Waals surface area contributed by atoms with Gasteiger partial charge in [0.2, 0.25) is 0 Å². The Labute approximate surface area is 246 Å². The van der Waals surface area contributed by atoms with E-state index in [4.69, 9.17) is 0 Å². The maximum atomic E-state index is 2.51. The summed E-state index contributed by atoms with van der Waals surface area (Å²) in [6, 6.07) is 49.6. The van der Waals surface area contributed by atoms with Crippen LogP contribution < -0.4 is 9.80 Å². The van der Waals surface area contributed by atoms with Crippen LogP contribution in [0.1, 0.15) is 24.0 Å². The third kappa shape index (κ3) is 3.65. The Morgan fingerprint density at radius 1 is 0.333 bits per heavy atom. The number of aryl methyl sites for hydroxylation is 2. The van der Waals surface area contributed by atoms with Crippen LogP contribution in [0.3, 0.4) is 0 Å². The number of hydrogen-bond donors (Lipinski definition) is 0. The van der Waals surface area contributed by atoms with Gasteiger partial charge >= 0.3 is 0 Å². The minimum absolute atomic E-state index is 1.15. The fourth-order valence-corrected chi connectivity index (χ4v) is 7.14. The summed E-state index contributed by atoms with van der Waals surface area (Å²) < 4.78 is 0. The van der Waals surface area contributed by atoms with Crippen molar-refractivity contribution in [3.63, 3.8) is 0 Å². The quantitative estimate of drug-likeness (QED) is 0.216. The molecule has 0 amide bonds. The zero-order valence-electron chi connectivity index (χ0n) is 23.4. The second kappa shape index (κ2) is 9.22. The molecule has 0 saturated heterocycles. The third-order valence-corrected chi connectivity index (χ3v) is 9.23. The standard InChI is InChI=1S/C40H30N2/c1-3-11-29-21-35(19-17-27(29)9-1)41-37-23-31-13-5-7-15-33(31)25-39(37)42(36-20-18-28-10-2-4-12-30(28)22-36)40-26-34-16-8-6-14-32(34)24-38(40)41/h1-5,7,9-13,15,17-26H,6,8,14,16H2. The number of anilines is 6. The maximum Gasteiger partial charge on any atom is 0.0709 e. The lowest BCUT2D eigenvalue weighted by Gasteiger charge is -2.41. The van der Waals surface area contributed by atoms with E-state index in [1.54, 1.807) is 0 Å². The van der Waals surface area contributed by atoms with Crippen LogP contribution in [0, 0.1) is 0 Å². The lowest BCUT2D eigenvalue weighted by Crippen LogP contribution is -2.25. The highest BCUT2D eigenvalue weighted by Crippen LogP contribution is 2.56. The Hall–Kier alpha value is -5.08. The fraction of sp³-hybridized carbons (Fsp3) is 0.100. The van der Waals surface area contributed by atoms with Gasteiger partial charge in [-0.15, -0.1) is 0 Å². The van der Waals surface area contributed by atoms with E-state index in [1.165, 1.54) is 90.4 Å². The topological polar surface area (TPSA) is 6.48 Å². The molecule has 0 bridgehead atoms. The summed E-state index contributed by atoms with van der Waals surface area (Å²) in [7, 11) is 0. The number of rotatable bonds is 2. The van der Waals surface area contributed by atoms with Gasteiger partial charge in [0, 0.05) is 11.4 Å². The predicted molar refractivity (Wildman–Crippen MR) is 179 cm³/mol. The lowest BCUT2D eigenvalue weighted by molar-refractivity contribution is 0.685. The van der Waals surface area contributed by atoms with Crippen molar-refractivity contribution in [1.29, 1.82) is 0 Å². The normalized spacial score (nSPS) is 14.2. The second-order valence-electron chi connectivity index (χ2n) is 11.7. The third-order valence-electron chi connectivity index (χ3n) is 9.23. The first-order valence-corrected chi connectivity index (χ1v) is 15.1. The summed E-state index contributed by atoms with van der Waals surface area (Å²) >= 11 is 0. The van der Waals surface area contributed by atoms with Crippen LogP contribution in [-0.4, -0.2) is 0 Å². The van der Waals surface area contributed by atoms with Gasteiger partial charge in [-0.2, -0.15) is 0 Å². The fourth-order valence-electron chi connectivity index (χ4n) is 7.14. The molecule has 7 aromatic carbocycles. The molecule has 0 N–H and O–H groups in total. The van der Waals surface area contributed by atoms with Crippen LogP contribution in [0.4, 0.5) is 34.1 Å². The molecule has 2 nitrogen and oxygen atoms in total. The van der Waals surface area contributed by atoms with Gasteiger partial charge in [-0.05, 0) is 118 Å². The van der Waals surface area contributed by atoms with Gasteiger partial charge in [-0.3, -0.25) is 0 Å². The molecule has 2 aliphatic rings. The minimum atomic E-state index is 1.15. The molecule has 42 heavy (non-hydrogen) atoms. The van der Waals surface area contributed by atoms with Crippen molar-refractivity contribution < 1.29 is 0 Å². The zero-order chi connectivity index (χ0) is 27.6. The van der Waals surface area contributed by atoms with E-state index in [-0.39, 0.29) is 0 Å². The molecule has 1 aliphatic carbocycles. The van der Waals surface area contributed by atoms with E-state index < -0.39 is 0 Å². The average molecular weight is 539 g/mol. The highest BCUT2D eigenvalue weighted by atomic mass is 15.3. The summed E-state index contributed by atoms with van der Waals surface area (Å²) in [4.78, 5) is 5.02. The Balaban J connectivity index is 1.37. The van der Waals surface area contributed by atoms with Crippen LogP contribution >= 0.6 is 0 Å². The molecule has 1 heterocycles. The van der Waals surface area contributed by atoms with Crippen molar-refractivity contribution in [1.82, 2.24) is 0 Å². The number of nitrogens with zero attached hydrogens (tertiary/aromatic N) is 2. The predicted octanol–water partition coefficient (Wildman–Crippen LogP) is 11.3. The molecule has 0 fully saturated rings. The molecule has 0 saturated carbocycles. The van der Waals surface area contributed by atoms with E-state index in [0.717, 1.165) is 12.8 Å². The van der Waals surface area contributed by atoms with Crippen molar-refractivity contribution in [3.8, 4) is 0 Å². The Morgan fingerprint density at radius 3 is 1.12 bits per heavy atom. The van der Waals surface area contributed by atoms with Gasteiger partial charge in [0.05, 0.1) is 22.7 Å². The summed E-state index contributed by atoms with van der Waals surface area (Å²) in [5.41, 5.74) is 10.3. The average Bonchev–Trinajstić information content (AvgIpc) is 3.05. The second-order valence-corrected chi connectivity index (χ2v) is 11.7. The Kier molecular flexibility index (Phi) is 5.18. The molecule has 7 aromatic rings. The summed E-state index contributed by atoms with van der Waals surface area (Å²) in [5.74, 6) is 0. The molecule has 0 aromatic heterocycles. The van der Waals surface area contributed by atoms with E-state index in [1.807, 2.05) is 0 Å². The lowest BCUT2D eigenvalue weighted by atomic mass is 9.89. The van der Waals surface area contributed by atoms with Crippen molar-refractivity contribution >= 4 is 66.4 Å². The van der Waals surface area contributed by atoms with Gasteiger partial charge in [0.25, 0.3) is 0 Å². The molecule has 0 unspecified atom stereocenters. The first kappa shape index (κ1) is 23.6. The molecule has 9 rings (SSSR count). The van der Waals surface area contributed by atoms with E-state index in [0.29, 0.717) is 0 Å². The molecule has 2 heteroatoms. The molecule has 0 atom stereocenters. The van der Waals surface area contributed by atoms with Crippen LogP contribution in [-0.2, 0) is 12.8 Å². The molecular formula is C40H30N2. The van der Waals surface area contributed by atoms with Crippen LogP contribution in [0.25, 0.3) is 32.3 Å². The van der Waals surface area contributed by atoms with Crippen molar-refractivity contribution in [2.75, 3.05) is 9.80 Å². The largest absolute Gasteiger partial charge is 0.306 e. The summed E-state index contributed by atoms with van der Waals surface area (Å²) in [5, 5.41) is 7.55. The van der Waals surface area contributed by atoms with Crippen LogP contribution in [0.15, 0.2) is 133 Å². The Bertz CT molecular complexity index is 2020. The van der Waals surface area contributed by atoms with Gasteiger partial charge in [-0.25, -0.2) is 0 Å². The molecule has 0 spiro atoms. The molecular weight excluding hydrogens is 508 g/mol. The van der Waals surface area contributed by atoms with Gasteiger partial charge in [0.1, 0.15) is 0 Å². The summed E-state index contributed by atoms with van der Waals surface area (Å²) in [6.07, 6.45) is 4.82. The van der Waals surface area contributed by atoms with E-state index >= 15 is 0 Å². The van der Waals surface area contributed by atoms with E-state index in [9.17, 15) is 0 Å². The summed E-state index contributed by atoms with van der Waals surface area (Å²) in [6.45, 7) is 0. The minimum Gasteiger partial charge on any atom is -0.306 e. The first-order valence-electron chi connectivity index (χ1n) is 15.1. The Morgan fingerprint density at radius 2 is 0.690 bits per heavy atom. The molecule has 0 radical (unpaired) electrons. The SMILES string of the molecule is c1ccc2cc(N3c4cc5c(cc4N(c4ccc6ccccc6c4)c4cc6ccccc6cc43)CCCC5)ccc2c1. The smallest absolute Gasteiger partial charge is 0.0709 e. The van der Waals surface area contributed by atoms with Gasteiger partial charge in [0.15, 0.2) is 0 Å². The number of hydrogen-bond acceptors (Lipinski definition) is 2. The number of fused-ring (bicyclic) bond motifs is 6. The highest BCUT2D eigenvalue weighted by Gasteiger charge is 2.32. The number of benzene rings is 7. The van der Waals surface area contributed by atoms with Crippen LogP contribution in [0.5, 0.6) is 0 Å². The van der Waals surface area contributed by atoms with Crippen LogP contribution in [0.2, 0.25) is 0 Å². The van der Waals surface area contributed by atoms with Crippen molar-refractivity contribution in [3.05, 3.63) is 145 Å². The first-order chi connectivity index (χ1) is 20.8. The van der Waals surface area contributed by atoms with E-state index in [2.05, 4.69) is 143 Å². The highest BCUT2D eigenvalue weighted by molar-refractivity contribution is 6.07. The van der Waals surface area contributed by atoms with Crippen molar-refractivity contribution in [2.45, 2.75) is 25.7 Å². The maximum absolute atomic E-state index is 2.51. The van der Waals surface area contributed by atoms with Gasteiger partial charge < -0.3 is 9.80 Å². The molecule has 200 valence electrons.